The lowest BCUT2D eigenvalue weighted by atomic mass is 9.39. The van der Waals surface area contributed by atoms with Gasteiger partial charge >= 0.3 is 23.9 Å². The summed E-state index contributed by atoms with van der Waals surface area (Å²) in [6.45, 7) is 11.5. The smallest absolute Gasteiger partial charge is 0.341 e. The average Bonchev–Trinajstić information content (AvgIpc) is 3.89. The van der Waals surface area contributed by atoms with Crippen LogP contribution in [0.15, 0.2) is 0 Å². The van der Waals surface area contributed by atoms with Gasteiger partial charge in [0.15, 0.2) is 11.4 Å². The van der Waals surface area contributed by atoms with Crippen molar-refractivity contribution in [3.8, 4) is 0 Å². The minimum Gasteiger partial charge on any atom is -0.462 e. The summed E-state index contributed by atoms with van der Waals surface area (Å²) in [6.07, 6.45) is -9.87. The molecule has 8 fully saturated rings. The molecule has 270 valence electrons. The second-order valence-electron chi connectivity index (χ2n) is 16.7. The van der Waals surface area contributed by atoms with Crippen molar-refractivity contribution in [3.05, 3.63) is 0 Å². The zero-order valence-corrected chi connectivity index (χ0v) is 28.6. The molecule has 49 heavy (non-hydrogen) atoms. The molecule has 4 N–H and O–H groups in total. The number of aliphatic hydroxyl groups is 4. The maximum atomic E-state index is 14.5. The van der Waals surface area contributed by atoms with E-state index in [0.29, 0.717) is 0 Å². The predicted octanol–water partition coefficient (Wildman–Crippen LogP) is -0.832. The molecule has 0 aromatic rings. The number of ketones is 1. The first-order valence-electron chi connectivity index (χ1n) is 17.0. The van der Waals surface area contributed by atoms with Crippen molar-refractivity contribution in [2.24, 2.45) is 51.8 Å². The van der Waals surface area contributed by atoms with Gasteiger partial charge in [-0.05, 0) is 25.7 Å². The SMILES string of the molecule is CC(=O)O[C@H]1[C@@H]2[C@H]([C@H](C)[C@H]3O[C@]34OC(=O)[C@@](C)(O)[C@]24C)[C@]2(C)[C@@H]1C1C(O)C(=O)[C@@]3(O)C[C@@H]4O[C@@H]4[C@H](OC(C)=O)[C@]3(C)C1C(O)[C@@H]2OC(C)=O. The van der Waals surface area contributed by atoms with E-state index in [1.165, 1.54) is 34.6 Å². The van der Waals surface area contributed by atoms with Gasteiger partial charge in [-0.2, -0.15) is 0 Å². The van der Waals surface area contributed by atoms with Crippen LogP contribution in [0.4, 0.5) is 0 Å². The van der Waals surface area contributed by atoms with Crippen molar-refractivity contribution < 1.29 is 72.8 Å². The Balaban J connectivity index is 1.40. The van der Waals surface area contributed by atoms with Crippen LogP contribution in [-0.2, 0) is 52.4 Å². The topological polar surface area (TPSA) is 228 Å². The summed E-state index contributed by atoms with van der Waals surface area (Å²) in [7, 11) is 0. The Labute approximate surface area is 281 Å². The highest BCUT2D eigenvalue weighted by Crippen LogP contribution is 2.81. The molecule has 3 aliphatic heterocycles. The normalized spacial score (nSPS) is 60.2. The largest absolute Gasteiger partial charge is 0.462 e. The lowest BCUT2D eigenvalue weighted by Crippen LogP contribution is -2.80. The number of Topliss-reactive ketones (excluding diaryl/α,β-unsaturated/α-hetero) is 1. The summed E-state index contributed by atoms with van der Waals surface area (Å²) in [5, 5.41) is 49.1. The van der Waals surface area contributed by atoms with E-state index >= 15 is 0 Å². The van der Waals surface area contributed by atoms with Crippen LogP contribution in [0.3, 0.4) is 0 Å². The predicted molar refractivity (Wildman–Crippen MR) is 157 cm³/mol. The third-order valence-electron chi connectivity index (χ3n) is 14.9. The first-order chi connectivity index (χ1) is 22.6. The molecule has 0 bridgehead atoms. The number of carbonyl (C=O) groups excluding carboxylic acids is 5. The van der Waals surface area contributed by atoms with Crippen molar-refractivity contribution in [2.45, 2.75) is 128 Å². The van der Waals surface area contributed by atoms with Gasteiger partial charge in [0.2, 0.25) is 5.79 Å². The number of hydrogen-bond acceptors (Lipinski definition) is 15. The number of fused-ring (bicyclic) bond motifs is 9. The number of aliphatic hydroxyl groups excluding tert-OH is 2. The quantitative estimate of drug-likeness (QED) is 0.161. The van der Waals surface area contributed by atoms with E-state index in [0.717, 1.165) is 0 Å². The number of hydrogen-bond donors (Lipinski definition) is 4. The Morgan fingerprint density at radius 1 is 0.837 bits per heavy atom. The molecular formula is C34H44O15. The van der Waals surface area contributed by atoms with Crippen molar-refractivity contribution in [2.75, 3.05) is 0 Å². The zero-order chi connectivity index (χ0) is 35.9. The van der Waals surface area contributed by atoms with Gasteiger partial charge < -0.3 is 48.8 Å². The molecule has 20 atom stereocenters. The van der Waals surface area contributed by atoms with Gasteiger partial charge in [0.05, 0.1) is 17.6 Å². The van der Waals surface area contributed by atoms with E-state index in [2.05, 4.69) is 0 Å². The maximum Gasteiger partial charge on any atom is 0.341 e. The molecule has 15 nitrogen and oxygen atoms in total. The Hall–Kier alpha value is -2.69. The highest BCUT2D eigenvalue weighted by atomic mass is 16.8. The molecule has 8 aliphatic rings. The van der Waals surface area contributed by atoms with Crippen LogP contribution < -0.4 is 0 Å². The van der Waals surface area contributed by atoms with Crippen molar-refractivity contribution >= 4 is 29.7 Å². The van der Waals surface area contributed by atoms with Gasteiger partial charge in [0, 0.05) is 61.7 Å². The van der Waals surface area contributed by atoms with Crippen molar-refractivity contribution in [1.29, 1.82) is 0 Å². The molecular weight excluding hydrogens is 648 g/mol. The summed E-state index contributed by atoms with van der Waals surface area (Å²) in [5.74, 6) is -11.6. The first kappa shape index (κ1) is 33.5. The van der Waals surface area contributed by atoms with E-state index in [-0.39, 0.29) is 6.42 Å². The number of esters is 4. The minimum atomic E-state index is -2.35. The highest BCUT2D eigenvalue weighted by Gasteiger charge is 2.94. The standard InChI is InChI=1S/C34H44O15/c1-10-16-19(31(7)32(8,42)28(41)49-34(31)25(10)48-34)23(44-11(2)35)18-15-17(21(39)26(29(16,18)5)45-12(3)36)30(6)27(46-13(4)37)22-14(47-22)9-33(30,43)24(40)20(15)38/h10,14-23,25-27,38-39,42-43H,9H2,1-8H3/t10-,14-,15?,16-,17?,18+,19-,20?,21?,22-,23+,25+,26-,27-,29+,30-,31-,32+,33-,34-/m0/s1. The molecule has 0 amide bonds. The average molecular weight is 693 g/mol. The number of rotatable bonds is 3. The lowest BCUT2D eigenvalue weighted by Gasteiger charge is -2.66. The molecule has 3 saturated heterocycles. The van der Waals surface area contributed by atoms with Crippen LogP contribution in [0, 0.1) is 51.8 Å². The summed E-state index contributed by atoms with van der Waals surface area (Å²) >= 11 is 0. The molecule has 15 heteroatoms. The van der Waals surface area contributed by atoms with Crippen LogP contribution >= 0.6 is 0 Å². The second kappa shape index (κ2) is 9.39. The van der Waals surface area contributed by atoms with Gasteiger partial charge in [-0.15, -0.1) is 0 Å². The first-order valence-corrected chi connectivity index (χ1v) is 17.0. The number of ether oxygens (including phenoxy) is 6. The van der Waals surface area contributed by atoms with Crippen LogP contribution in [0.2, 0.25) is 0 Å². The molecule has 3 heterocycles. The highest BCUT2D eigenvalue weighted by molar-refractivity contribution is 5.94. The van der Waals surface area contributed by atoms with E-state index in [9.17, 15) is 44.4 Å². The van der Waals surface area contributed by atoms with E-state index in [1.54, 1.807) is 13.8 Å². The van der Waals surface area contributed by atoms with Crippen molar-refractivity contribution in [3.63, 3.8) is 0 Å². The van der Waals surface area contributed by atoms with Crippen LogP contribution in [0.25, 0.3) is 0 Å². The molecule has 8 rings (SSSR count). The van der Waals surface area contributed by atoms with Gasteiger partial charge in [-0.3, -0.25) is 19.2 Å². The lowest BCUT2D eigenvalue weighted by molar-refractivity contribution is -0.295. The molecule has 5 aliphatic carbocycles. The molecule has 5 saturated carbocycles. The van der Waals surface area contributed by atoms with Gasteiger partial charge in [0.25, 0.3) is 0 Å². The third-order valence-corrected chi connectivity index (χ3v) is 14.9. The monoisotopic (exact) mass is 692 g/mol. The number of epoxide rings is 2. The molecule has 0 radical (unpaired) electrons. The maximum absolute atomic E-state index is 14.5. The van der Waals surface area contributed by atoms with Crippen LogP contribution in [0.5, 0.6) is 0 Å². The Bertz CT molecular complexity index is 1590. The van der Waals surface area contributed by atoms with Gasteiger partial charge in [0.1, 0.15) is 42.2 Å². The molecule has 0 aromatic carbocycles. The fourth-order valence-corrected chi connectivity index (χ4v) is 12.9. The summed E-state index contributed by atoms with van der Waals surface area (Å²) < 4.78 is 35.8. The van der Waals surface area contributed by atoms with E-state index in [4.69, 9.17) is 28.4 Å². The summed E-state index contributed by atoms with van der Waals surface area (Å²) in [6, 6.07) is 0. The minimum absolute atomic E-state index is 0.241. The van der Waals surface area contributed by atoms with Gasteiger partial charge in [-0.1, -0.05) is 20.8 Å². The number of carbonyl (C=O) groups is 5. The van der Waals surface area contributed by atoms with Crippen molar-refractivity contribution in [1.82, 2.24) is 0 Å². The third kappa shape index (κ3) is 3.43. The zero-order valence-electron chi connectivity index (χ0n) is 28.6. The molecule has 0 aromatic heterocycles. The Morgan fingerprint density at radius 3 is 2.02 bits per heavy atom. The van der Waals surface area contributed by atoms with E-state index in [1.807, 2.05) is 6.92 Å². The summed E-state index contributed by atoms with van der Waals surface area (Å²) in [5.41, 5.74) is -9.30. The van der Waals surface area contributed by atoms with Crippen LogP contribution in [-0.4, -0.2) is 116 Å². The Kier molecular flexibility index (Phi) is 6.41. The second-order valence-corrected chi connectivity index (χ2v) is 16.7. The fraction of sp³-hybridized carbons (Fsp3) is 0.853. The molecule has 4 unspecified atom stereocenters. The van der Waals surface area contributed by atoms with Gasteiger partial charge in [-0.25, -0.2) is 4.79 Å². The fourth-order valence-electron chi connectivity index (χ4n) is 12.9. The van der Waals surface area contributed by atoms with E-state index < -0.39 is 147 Å². The Morgan fingerprint density at radius 2 is 1.43 bits per heavy atom. The molecule has 1 spiro atoms. The van der Waals surface area contributed by atoms with Crippen LogP contribution in [0.1, 0.15) is 61.8 Å². The summed E-state index contributed by atoms with van der Waals surface area (Å²) in [4.78, 5) is 66.3.